The average molecular weight is 503 g/mol. The molecule has 200 valence electrons. The summed E-state index contributed by atoms with van der Waals surface area (Å²) < 4.78 is 23.0. The minimum Gasteiger partial charge on any atom is -0.463 e. The number of hydrogen-bond acceptors (Lipinski definition) is 7. The molecule has 0 aromatic rings. The van der Waals surface area contributed by atoms with Gasteiger partial charge in [0, 0.05) is 25.5 Å². The van der Waals surface area contributed by atoms with E-state index < -0.39 is 29.9 Å². The van der Waals surface area contributed by atoms with E-state index in [1.807, 2.05) is 0 Å². The summed E-state index contributed by atoms with van der Waals surface area (Å²) in [5.41, 5.74) is 0.575. The molecule has 0 unspecified atom stereocenters. The molecule has 7 heteroatoms. The molecule has 0 amide bonds. The van der Waals surface area contributed by atoms with Crippen LogP contribution in [0.15, 0.2) is 11.6 Å². The van der Waals surface area contributed by atoms with Gasteiger partial charge in [-0.3, -0.25) is 9.59 Å². The molecule has 0 radical (unpaired) electrons. The molecule has 3 saturated carbocycles. The molecule has 7 nitrogen and oxygen atoms in total. The van der Waals surface area contributed by atoms with Gasteiger partial charge in [-0.2, -0.15) is 0 Å². The first-order valence-electron chi connectivity index (χ1n) is 13.7. The molecule has 2 aliphatic heterocycles. The van der Waals surface area contributed by atoms with Crippen LogP contribution in [-0.2, 0) is 33.3 Å². The van der Waals surface area contributed by atoms with Gasteiger partial charge in [0.1, 0.15) is 12.2 Å². The van der Waals surface area contributed by atoms with Crippen molar-refractivity contribution in [2.75, 3.05) is 6.61 Å². The van der Waals surface area contributed by atoms with Gasteiger partial charge in [0.2, 0.25) is 0 Å². The Morgan fingerprint density at radius 3 is 2.33 bits per heavy atom. The van der Waals surface area contributed by atoms with E-state index >= 15 is 0 Å². The maximum absolute atomic E-state index is 12.1. The summed E-state index contributed by atoms with van der Waals surface area (Å²) in [7, 11) is 0. The van der Waals surface area contributed by atoms with Crippen molar-refractivity contribution in [3.8, 4) is 0 Å². The van der Waals surface area contributed by atoms with Gasteiger partial charge >= 0.3 is 17.9 Å². The zero-order valence-corrected chi connectivity index (χ0v) is 22.7. The lowest BCUT2D eigenvalue weighted by Gasteiger charge is -2.67. The Labute approximate surface area is 214 Å². The molecular formula is C29H42O7. The quantitative estimate of drug-likeness (QED) is 0.494. The zero-order valence-electron chi connectivity index (χ0n) is 22.7. The Hall–Kier alpha value is -1.89. The third kappa shape index (κ3) is 3.91. The highest BCUT2D eigenvalue weighted by Crippen LogP contribution is 2.71. The van der Waals surface area contributed by atoms with E-state index in [1.165, 1.54) is 45.6 Å². The highest BCUT2D eigenvalue weighted by atomic mass is 16.7. The van der Waals surface area contributed by atoms with Gasteiger partial charge < -0.3 is 18.9 Å². The molecule has 1 saturated heterocycles. The third-order valence-electron chi connectivity index (χ3n) is 10.9. The van der Waals surface area contributed by atoms with Gasteiger partial charge in [-0.1, -0.05) is 34.1 Å². The summed E-state index contributed by atoms with van der Waals surface area (Å²) in [4.78, 5) is 35.7. The molecular weight excluding hydrogens is 460 g/mol. The first kappa shape index (κ1) is 25.7. The molecule has 3 aliphatic carbocycles. The second kappa shape index (κ2) is 8.57. The van der Waals surface area contributed by atoms with Gasteiger partial charge in [-0.25, -0.2) is 4.79 Å². The summed E-state index contributed by atoms with van der Waals surface area (Å²) >= 11 is 0. The lowest BCUT2D eigenvalue weighted by Crippen LogP contribution is -2.63. The maximum atomic E-state index is 12.1. The number of carbonyl (C=O) groups is 3. The fourth-order valence-corrected chi connectivity index (χ4v) is 9.63. The topological polar surface area (TPSA) is 88.1 Å². The average Bonchev–Trinajstić information content (AvgIpc) is 3.32. The number of hydrogen-bond donors (Lipinski definition) is 0. The smallest absolute Gasteiger partial charge is 0.334 e. The molecule has 36 heavy (non-hydrogen) atoms. The van der Waals surface area contributed by atoms with Gasteiger partial charge in [-0.15, -0.1) is 0 Å². The minimum absolute atomic E-state index is 0.0206. The molecule has 0 aromatic heterocycles. The summed E-state index contributed by atoms with van der Waals surface area (Å²) in [5, 5.41) is 0. The summed E-state index contributed by atoms with van der Waals surface area (Å²) in [6.07, 6.45) is 8.61. The first-order valence-corrected chi connectivity index (χ1v) is 13.7. The molecule has 0 spiro atoms. The molecule has 4 fully saturated rings. The maximum Gasteiger partial charge on any atom is 0.334 e. The predicted molar refractivity (Wildman–Crippen MR) is 131 cm³/mol. The van der Waals surface area contributed by atoms with Crippen LogP contribution in [0.5, 0.6) is 0 Å². The monoisotopic (exact) mass is 502 g/mol. The Bertz CT molecular complexity index is 984. The van der Waals surface area contributed by atoms with E-state index in [0.29, 0.717) is 29.2 Å². The first-order chi connectivity index (χ1) is 16.8. The predicted octanol–water partition coefficient (Wildman–Crippen LogP) is 5.11. The number of carbonyl (C=O) groups excluding carboxylic acids is 3. The highest BCUT2D eigenvalue weighted by Gasteiger charge is 2.68. The summed E-state index contributed by atoms with van der Waals surface area (Å²) in [6, 6.07) is 0. The standard InChI is InChI=1S/C29H42O7/c1-17(30)33-16-29-13-9-22-27(5)11-7-10-26(3,4)21(27)8-12-28(22,6)23(29)15-20(36-29)19-14-24(32)35-25(19)34-18(2)31/h14,20-23,25H,7-13,15-16H2,1-6H3/t20-,21+,22-,23+,25-,27+,28-,29-/m1/s1. The molecule has 8 atom stereocenters. The van der Waals surface area contributed by atoms with Crippen molar-refractivity contribution in [2.24, 2.45) is 34.0 Å². The van der Waals surface area contributed by atoms with Crippen LogP contribution in [0.4, 0.5) is 0 Å². The molecule has 2 heterocycles. The molecule has 5 aliphatic rings. The van der Waals surface area contributed by atoms with Crippen LogP contribution >= 0.6 is 0 Å². The fourth-order valence-electron chi connectivity index (χ4n) is 9.63. The molecule has 5 rings (SSSR count). The lowest BCUT2D eigenvalue weighted by atomic mass is 9.38. The lowest BCUT2D eigenvalue weighted by molar-refractivity contribution is -0.216. The fraction of sp³-hybridized carbons (Fsp3) is 0.828. The van der Waals surface area contributed by atoms with Crippen LogP contribution in [0.2, 0.25) is 0 Å². The van der Waals surface area contributed by atoms with Crippen molar-refractivity contribution in [1.82, 2.24) is 0 Å². The van der Waals surface area contributed by atoms with Gasteiger partial charge in [-0.05, 0) is 78.9 Å². The Balaban J connectivity index is 1.50. The number of esters is 3. The number of ether oxygens (including phenoxy) is 4. The Kier molecular flexibility index (Phi) is 6.13. The molecule has 0 N–H and O–H groups in total. The van der Waals surface area contributed by atoms with Crippen molar-refractivity contribution < 1.29 is 33.3 Å². The highest BCUT2D eigenvalue weighted by molar-refractivity contribution is 5.86. The second-order valence-electron chi connectivity index (χ2n) is 13.3. The van der Waals surface area contributed by atoms with Crippen molar-refractivity contribution in [1.29, 1.82) is 0 Å². The van der Waals surface area contributed by atoms with E-state index in [2.05, 4.69) is 27.7 Å². The third-order valence-corrected chi connectivity index (χ3v) is 10.9. The molecule has 0 aromatic carbocycles. The van der Waals surface area contributed by atoms with Gasteiger partial charge in [0.25, 0.3) is 6.29 Å². The van der Waals surface area contributed by atoms with Crippen LogP contribution in [0.1, 0.15) is 92.9 Å². The van der Waals surface area contributed by atoms with Crippen LogP contribution in [0.3, 0.4) is 0 Å². The van der Waals surface area contributed by atoms with E-state index in [9.17, 15) is 14.4 Å². The largest absolute Gasteiger partial charge is 0.463 e. The van der Waals surface area contributed by atoms with E-state index in [4.69, 9.17) is 18.9 Å². The van der Waals surface area contributed by atoms with Crippen molar-refractivity contribution in [3.63, 3.8) is 0 Å². The van der Waals surface area contributed by atoms with E-state index in [1.54, 1.807) is 0 Å². The Morgan fingerprint density at radius 2 is 1.64 bits per heavy atom. The van der Waals surface area contributed by atoms with Gasteiger partial charge in [0.05, 0.1) is 6.10 Å². The van der Waals surface area contributed by atoms with Crippen molar-refractivity contribution in [2.45, 2.75) is 111 Å². The van der Waals surface area contributed by atoms with E-state index in [-0.39, 0.29) is 29.3 Å². The van der Waals surface area contributed by atoms with Crippen molar-refractivity contribution >= 4 is 17.9 Å². The number of cyclic esters (lactones) is 1. The van der Waals surface area contributed by atoms with Crippen LogP contribution < -0.4 is 0 Å². The zero-order chi connectivity index (χ0) is 26.1. The van der Waals surface area contributed by atoms with E-state index in [0.717, 1.165) is 19.3 Å². The summed E-state index contributed by atoms with van der Waals surface area (Å²) in [6.45, 7) is 12.8. The SMILES string of the molecule is CC(=O)OC[C@]12CC[C@H]3[C@@](C)(CC[C@H]4C(C)(C)CCC[C@]34C)[C@@H]1C[C@H](C1=CC(=O)O[C@H]1OC(C)=O)O2. The van der Waals surface area contributed by atoms with Crippen LogP contribution in [-0.4, -0.2) is 42.5 Å². The Morgan fingerprint density at radius 1 is 0.944 bits per heavy atom. The molecule has 0 bridgehead atoms. The summed E-state index contributed by atoms with van der Waals surface area (Å²) in [5.74, 6) is 0.0665. The number of rotatable bonds is 4. The van der Waals surface area contributed by atoms with Crippen molar-refractivity contribution in [3.05, 3.63) is 11.6 Å². The normalized spacial score (nSPS) is 45.0. The van der Waals surface area contributed by atoms with Gasteiger partial charge in [0.15, 0.2) is 0 Å². The number of fused-ring (bicyclic) bond motifs is 5. The second-order valence-corrected chi connectivity index (χ2v) is 13.3. The minimum atomic E-state index is -1.05. The van der Waals surface area contributed by atoms with Crippen LogP contribution in [0.25, 0.3) is 0 Å². The van der Waals surface area contributed by atoms with Crippen LogP contribution in [0, 0.1) is 34.0 Å².